The third-order valence-corrected chi connectivity index (χ3v) is 3.34. The van der Waals surface area contributed by atoms with E-state index in [1.54, 1.807) is 0 Å². The van der Waals surface area contributed by atoms with Crippen LogP contribution in [-0.2, 0) is 0 Å². The van der Waals surface area contributed by atoms with Crippen molar-refractivity contribution in [1.29, 1.82) is 0 Å². The van der Waals surface area contributed by atoms with Crippen LogP contribution in [0.5, 0.6) is 0 Å². The van der Waals surface area contributed by atoms with Crippen molar-refractivity contribution < 1.29 is 0 Å². The highest BCUT2D eigenvalue weighted by atomic mass is 35.5. The monoisotopic (exact) mass is 279 g/mol. The Hall–Kier alpha value is -2.25. The van der Waals surface area contributed by atoms with E-state index < -0.39 is 0 Å². The number of hydrogen-bond donors (Lipinski definition) is 1. The Labute approximate surface area is 123 Å². The maximum Gasteiger partial charge on any atom is 0.0426 e. The molecule has 0 atom stereocenters. The van der Waals surface area contributed by atoms with Gasteiger partial charge < -0.3 is 5.32 Å². The average molecular weight is 280 g/mol. The summed E-state index contributed by atoms with van der Waals surface area (Å²) in [7, 11) is 0. The molecule has 98 valence electrons. The molecular weight excluding hydrogens is 266 g/mol. The van der Waals surface area contributed by atoms with Crippen LogP contribution in [0, 0.1) is 0 Å². The number of rotatable bonds is 3. The zero-order valence-corrected chi connectivity index (χ0v) is 11.6. The summed E-state index contributed by atoms with van der Waals surface area (Å²) in [6.07, 6.45) is 0. The zero-order chi connectivity index (χ0) is 13.8. The molecule has 0 aliphatic rings. The molecule has 0 aromatic heterocycles. The standard InChI is InChI=1S/C18H14ClN/c19-16-7-4-8-18(13-16)20-17-11-9-15(10-12-17)14-5-2-1-3-6-14/h1-13,20H. The van der Waals surface area contributed by atoms with Gasteiger partial charge >= 0.3 is 0 Å². The first-order valence-corrected chi connectivity index (χ1v) is 6.87. The van der Waals surface area contributed by atoms with Crippen molar-refractivity contribution in [1.82, 2.24) is 0 Å². The summed E-state index contributed by atoms with van der Waals surface area (Å²) in [5.74, 6) is 0. The van der Waals surface area contributed by atoms with Gasteiger partial charge in [-0.15, -0.1) is 0 Å². The highest BCUT2D eigenvalue weighted by molar-refractivity contribution is 6.30. The van der Waals surface area contributed by atoms with Crippen molar-refractivity contribution in [2.75, 3.05) is 5.32 Å². The summed E-state index contributed by atoms with van der Waals surface area (Å²) in [6.45, 7) is 0. The molecule has 20 heavy (non-hydrogen) atoms. The zero-order valence-electron chi connectivity index (χ0n) is 10.9. The molecule has 1 N–H and O–H groups in total. The highest BCUT2D eigenvalue weighted by Gasteiger charge is 1.98. The molecule has 0 unspecified atom stereocenters. The molecule has 0 fully saturated rings. The van der Waals surface area contributed by atoms with E-state index in [2.05, 4.69) is 41.7 Å². The van der Waals surface area contributed by atoms with Gasteiger partial charge in [-0.25, -0.2) is 0 Å². The number of benzene rings is 3. The van der Waals surface area contributed by atoms with E-state index in [0.717, 1.165) is 16.4 Å². The quantitative estimate of drug-likeness (QED) is 0.643. The molecular formula is C18H14ClN. The fourth-order valence-electron chi connectivity index (χ4n) is 2.11. The third kappa shape index (κ3) is 3.01. The van der Waals surface area contributed by atoms with Crippen LogP contribution in [0.1, 0.15) is 0 Å². The molecule has 0 amide bonds. The lowest BCUT2D eigenvalue weighted by Crippen LogP contribution is -1.89. The number of nitrogens with one attached hydrogen (secondary N) is 1. The van der Waals surface area contributed by atoms with Crippen molar-refractivity contribution in [3.05, 3.63) is 83.9 Å². The lowest BCUT2D eigenvalue weighted by atomic mass is 10.1. The van der Waals surface area contributed by atoms with Gasteiger partial charge in [0.15, 0.2) is 0 Å². The van der Waals surface area contributed by atoms with E-state index in [1.165, 1.54) is 11.1 Å². The van der Waals surface area contributed by atoms with Gasteiger partial charge in [-0.2, -0.15) is 0 Å². The number of hydrogen-bond acceptors (Lipinski definition) is 1. The van der Waals surface area contributed by atoms with E-state index in [9.17, 15) is 0 Å². The molecule has 2 heteroatoms. The van der Waals surface area contributed by atoms with Gasteiger partial charge in [-0.3, -0.25) is 0 Å². The van der Waals surface area contributed by atoms with Crippen molar-refractivity contribution >= 4 is 23.0 Å². The largest absolute Gasteiger partial charge is 0.355 e. The highest BCUT2D eigenvalue weighted by Crippen LogP contribution is 2.24. The predicted octanol–water partition coefficient (Wildman–Crippen LogP) is 5.75. The molecule has 3 aromatic rings. The van der Waals surface area contributed by atoms with Crippen molar-refractivity contribution in [2.45, 2.75) is 0 Å². The van der Waals surface area contributed by atoms with Crippen molar-refractivity contribution in [3.63, 3.8) is 0 Å². The first kappa shape index (κ1) is 12.8. The van der Waals surface area contributed by atoms with Crippen LogP contribution in [0.25, 0.3) is 11.1 Å². The normalized spacial score (nSPS) is 10.2. The van der Waals surface area contributed by atoms with Crippen molar-refractivity contribution in [3.8, 4) is 11.1 Å². The minimum Gasteiger partial charge on any atom is -0.355 e. The molecule has 0 bridgehead atoms. The summed E-state index contributed by atoms with van der Waals surface area (Å²) >= 11 is 5.98. The topological polar surface area (TPSA) is 12.0 Å². The SMILES string of the molecule is Clc1cccc(Nc2ccc(-c3ccccc3)cc2)c1. The second-order valence-electron chi connectivity index (χ2n) is 4.58. The third-order valence-electron chi connectivity index (χ3n) is 3.11. The maximum absolute atomic E-state index is 5.98. The minimum atomic E-state index is 0.732. The second kappa shape index (κ2) is 5.81. The van der Waals surface area contributed by atoms with E-state index in [0.29, 0.717) is 0 Å². The van der Waals surface area contributed by atoms with Crippen LogP contribution in [-0.4, -0.2) is 0 Å². The molecule has 0 aliphatic carbocycles. The van der Waals surface area contributed by atoms with E-state index >= 15 is 0 Å². The molecule has 0 heterocycles. The van der Waals surface area contributed by atoms with Gasteiger partial charge in [0.1, 0.15) is 0 Å². The molecule has 0 aliphatic heterocycles. The van der Waals surface area contributed by atoms with Gasteiger partial charge in [-0.1, -0.05) is 60.1 Å². The van der Waals surface area contributed by atoms with Crippen LogP contribution in [0.4, 0.5) is 11.4 Å². The van der Waals surface area contributed by atoms with Gasteiger partial charge in [0.25, 0.3) is 0 Å². The fourth-order valence-corrected chi connectivity index (χ4v) is 2.30. The number of halogens is 1. The Morgan fingerprint density at radius 1 is 0.600 bits per heavy atom. The Morgan fingerprint density at radius 3 is 2.00 bits per heavy atom. The Bertz CT molecular complexity index is 690. The smallest absolute Gasteiger partial charge is 0.0426 e. The van der Waals surface area contributed by atoms with Crippen molar-refractivity contribution in [2.24, 2.45) is 0 Å². The van der Waals surface area contributed by atoms with Gasteiger partial charge in [0.05, 0.1) is 0 Å². The molecule has 0 spiro atoms. The molecule has 0 saturated carbocycles. The molecule has 3 aromatic carbocycles. The predicted molar refractivity (Wildman–Crippen MR) is 86.6 cm³/mol. The van der Waals surface area contributed by atoms with E-state index in [1.807, 2.05) is 42.5 Å². The van der Waals surface area contributed by atoms with Crippen LogP contribution in [0.3, 0.4) is 0 Å². The number of anilines is 2. The summed E-state index contributed by atoms with van der Waals surface area (Å²) in [4.78, 5) is 0. The summed E-state index contributed by atoms with van der Waals surface area (Å²) in [5.41, 5.74) is 4.47. The Kier molecular flexibility index (Phi) is 3.71. The van der Waals surface area contributed by atoms with E-state index in [4.69, 9.17) is 11.6 Å². The summed E-state index contributed by atoms with van der Waals surface area (Å²) in [5, 5.41) is 4.07. The summed E-state index contributed by atoms with van der Waals surface area (Å²) < 4.78 is 0. The maximum atomic E-state index is 5.98. The summed E-state index contributed by atoms with van der Waals surface area (Å²) in [6, 6.07) is 26.4. The molecule has 1 nitrogen and oxygen atoms in total. The lowest BCUT2D eigenvalue weighted by Gasteiger charge is -2.08. The fraction of sp³-hybridized carbons (Fsp3) is 0. The Balaban J connectivity index is 1.80. The first-order chi connectivity index (χ1) is 9.81. The lowest BCUT2D eigenvalue weighted by molar-refractivity contribution is 1.54. The second-order valence-corrected chi connectivity index (χ2v) is 5.02. The minimum absolute atomic E-state index is 0.732. The average Bonchev–Trinajstić information content (AvgIpc) is 2.49. The first-order valence-electron chi connectivity index (χ1n) is 6.49. The van der Waals surface area contributed by atoms with Crippen LogP contribution >= 0.6 is 11.6 Å². The van der Waals surface area contributed by atoms with Gasteiger partial charge in [0.2, 0.25) is 0 Å². The molecule has 0 radical (unpaired) electrons. The molecule has 3 rings (SSSR count). The van der Waals surface area contributed by atoms with Gasteiger partial charge in [-0.05, 0) is 41.5 Å². The van der Waals surface area contributed by atoms with Crippen LogP contribution < -0.4 is 5.32 Å². The van der Waals surface area contributed by atoms with E-state index in [-0.39, 0.29) is 0 Å². The van der Waals surface area contributed by atoms with Crippen LogP contribution in [0.2, 0.25) is 5.02 Å². The van der Waals surface area contributed by atoms with Crippen LogP contribution in [0.15, 0.2) is 78.9 Å². The van der Waals surface area contributed by atoms with Gasteiger partial charge in [0, 0.05) is 16.4 Å². The Morgan fingerprint density at radius 2 is 1.30 bits per heavy atom. The molecule has 0 saturated heterocycles.